The Hall–Kier alpha value is -0.520. The van der Waals surface area contributed by atoms with Crippen molar-refractivity contribution in [2.75, 3.05) is 20.6 Å². The van der Waals surface area contributed by atoms with Crippen molar-refractivity contribution in [3.63, 3.8) is 0 Å². The number of rotatable bonds is 6. The highest BCUT2D eigenvalue weighted by Crippen LogP contribution is 2.38. The van der Waals surface area contributed by atoms with E-state index in [-0.39, 0.29) is 0 Å². The van der Waals surface area contributed by atoms with Crippen molar-refractivity contribution in [2.24, 2.45) is 5.92 Å². The third-order valence-electron chi connectivity index (χ3n) is 4.80. The lowest BCUT2D eigenvalue weighted by molar-refractivity contribution is 0.0451. The van der Waals surface area contributed by atoms with Crippen molar-refractivity contribution in [2.45, 2.75) is 70.9 Å². The van der Waals surface area contributed by atoms with Crippen LogP contribution in [0.4, 0.5) is 0 Å². The minimum atomic E-state index is 0.297. The molecule has 1 aliphatic rings. The van der Waals surface area contributed by atoms with E-state index in [9.17, 15) is 0 Å². The zero-order valence-corrected chi connectivity index (χ0v) is 13.6. The Labute approximate surface area is 120 Å². The zero-order valence-electron chi connectivity index (χ0n) is 13.6. The topological polar surface area (TPSA) is 15.3 Å². The monoisotopic (exact) mass is 264 g/mol. The van der Waals surface area contributed by atoms with E-state index >= 15 is 0 Å². The molecule has 19 heavy (non-hydrogen) atoms. The number of nitrogens with zero attached hydrogens (tertiary/aromatic N) is 1. The Kier molecular flexibility index (Phi) is 6.89. The maximum Gasteiger partial charge on any atom is 0.0365 e. The molecule has 0 radical (unpaired) electrons. The van der Waals surface area contributed by atoms with E-state index in [0.29, 0.717) is 11.6 Å². The van der Waals surface area contributed by atoms with Crippen molar-refractivity contribution in [3.05, 3.63) is 0 Å². The van der Waals surface area contributed by atoms with Crippen LogP contribution in [0.1, 0.15) is 59.3 Å². The summed E-state index contributed by atoms with van der Waals surface area (Å²) in [7, 11) is 4.49. The molecule has 1 aliphatic carbocycles. The standard InChI is InChI=1S/C17H32N2/c1-6-8-9-16(18-14-7-2)17(19(4)5)12-10-15(3)11-13-17/h15-16,18H,7,9-14H2,1-5H3. The first-order chi connectivity index (χ1) is 9.06. The zero-order chi connectivity index (χ0) is 14.3. The van der Waals surface area contributed by atoms with Gasteiger partial charge in [-0.1, -0.05) is 13.8 Å². The molecule has 0 aliphatic heterocycles. The van der Waals surface area contributed by atoms with Gasteiger partial charge in [0.05, 0.1) is 0 Å². The Bertz CT molecular complexity index is 303. The summed E-state index contributed by atoms with van der Waals surface area (Å²) in [6.45, 7) is 7.67. The molecule has 2 heteroatoms. The fraction of sp³-hybridized carbons (Fsp3) is 0.882. The van der Waals surface area contributed by atoms with Crippen LogP contribution in [0.2, 0.25) is 0 Å². The predicted octanol–water partition coefficient (Wildman–Crippen LogP) is 3.28. The molecule has 0 aromatic carbocycles. The van der Waals surface area contributed by atoms with E-state index in [1.807, 2.05) is 6.92 Å². The van der Waals surface area contributed by atoms with Gasteiger partial charge in [-0.15, -0.1) is 11.8 Å². The average molecular weight is 264 g/mol. The van der Waals surface area contributed by atoms with Gasteiger partial charge in [-0.05, 0) is 65.6 Å². The molecular formula is C17H32N2. The fourth-order valence-electron chi connectivity index (χ4n) is 3.34. The first-order valence-corrected chi connectivity index (χ1v) is 7.87. The van der Waals surface area contributed by atoms with Gasteiger partial charge >= 0.3 is 0 Å². The minimum Gasteiger partial charge on any atom is -0.311 e. The van der Waals surface area contributed by atoms with Gasteiger partial charge in [-0.2, -0.15) is 0 Å². The summed E-state index contributed by atoms with van der Waals surface area (Å²) < 4.78 is 0. The lowest BCUT2D eigenvalue weighted by atomic mass is 9.71. The van der Waals surface area contributed by atoms with Crippen LogP contribution in [0.5, 0.6) is 0 Å². The van der Waals surface area contributed by atoms with Crippen LogP contribution in [0.3, 0.4) is 0 Å². The Morgan fingerprint density at radius 2 is 1.95 bits per heavy atom. The molecule has 2 nitrogen and oxygen atoms in total. The molecular weight excluding hydrogens is 232 g/mol. The van der Waals surface area contributed by atoms with Gasteiger partial charge in [0, 0.05) is 18.0 Å². The first-order valence-electron chi connectivity index (χ1n) is 7.87. The molecule has 110 valence electrons. The summed E-state index contributed by atoms with van der Waals surface area (Å²) in [5.41, 5.74) is 0.297. The predicted molar refractivity (Wildman–Crippen MR) is 84.2 cm³/mol. The minimum absolute atomic E-state index is 0.297. The Morgan fingerprint density at radius 1 is 1.32 bits per heavy atom. The quantitative estimate of drug-likeness (QED) is 0.741. The number of hydrogen-bond donors (Lipinski definition) is 1. The molecule has 1 atom stereocenters. The number of likely N-dealkylation sites (N-methyl/N-ethyl adjacent to an activating group) is 1. The normalized spacial score (nSPS) is 28.8. The van der Waals surface area contributed by atoms with Gasteiger partial charge in [-0.25, -0.2) is 0 Å². The van der Waals surface area contributed by atoms with Crippen molar-refractivity contribution in [1.29, 1.82) is 0 Å². The van der Waals surface area contributed by atoms with Gasteiger partial charge in [0.15, 0.2) is 0 Å². The molecule has 1 unspecified atom stereocenters. The third-order valence-corrected chi connectivity index (χ3v) is 4.80. The fourth-order valence-corrected chi connectivity index (χ4v) is 3.34. The second kappa shape index (κ2) is 7.92. The van der Waals surface area contributed by atoms with Gasteiger partial charge in [0.1, 0.15) is 0 Å². The highest BCUT2D eigenvalue weighted by molar-refractivity contribution is 5.08. The van der Waals surface area contributed by atoms with Crippen LogP contribution in [-0.2, 0) is 0 Å². The van der Waals surface area contributed by atoms with Gasteiger partial charge < -0.3 is 10.2 Å². The Balaban J connectivity index is 2.86. The van der Waals surface area contributed by atoms with E-state index in [0.717, 1.165) is 18.9 Å². The molecule has 0 heterocycles. The van der Waals surface area contributed by atoms with Crippen LogP contribution in [0.15, 0.2) is 0 Å². The molecule has 1 fully saturated rings. The van der Waals surface area contributed by atoms with Crippen molar-refractivity contribution >= 4 is 0 Å². The van der Waals surface area contributed by atoms with Crippen molar-refractivity contribution in [3.8, 4) is 11.8 Å². The summed E-state index contributed by atoms with van der Waals surface area (Å²) in [6, 6.07) is 0.502. The second-order valence-electron chi connectivity index (χ2n) is 6.32. The summed E-state index contributed by atoms with van der Waals surface area (Å²) in [5.74, 6) is 7.26. The number of nitrogens with one attached hydrogen (secondary N) is 1. The van der Waals surface area contributed by atoms with Gasteiger partial charge in [-0.3, -0.25) is 0 Å². The third kappa shape index (κ3) is 4.23. The van der Waals surface area contributed by atoms with E-state index in [1.54, 1.807) is 0 Å². The van der Waals surface area contributed by atoms with E-state index in [2.05, 4.69) is 50.0 Å². The summed E-state index contributed by atoms with van der Waals surface area (Å²) in [6.07, 6.45) is 7.46. The molecule has 1 rings (SSSR count). The van der Waals surface area contributed by atoms with Crippen LogP contribution in [0, 0.1) is 17.8 Å². The maximum atomic E-state index is 3.77. The van der Waals surface area contributed by atoms with E-state index in [1.165, 1.54) is 32.1 Å². The van der Waals surface area contributed by atoms with Crippen LogP contribution < -0.4 is 5.32 Å². The molecule has 0 saturated heterocycles. The maximum absolute atomic E-state index is 3.77. The summed E-state index contributed by atoms with van der Waals surface area (Å²) in [5, 5.41) is 3.77. The van der Waals surface area contributed by atoms with Crippen molar-refractivity contribution < 1.29 is 0 Å². The molecule has 0 bridgehead atoms. The molecule has 1 N–H and O–H groups in total. The molecule has 0 aromatic heterocycles. The van der Waals surface area contributed by atoms with Crippen LogP contribution in [-0.4, -0.2) is 37.1 Å². The molecule has 0 amide bonds. The van der Waals surface area contributed by atoms with Crippen molar-refractivity contribution in [1.82, 2.24) is 10.2 Å². The second-order valence-corrected chi connectivity index (χ2v) is 6.32. The van der Waals surface area contributed by atoms with E-state index in [4.69, 9.17) is 0 Å². The largest absolute Gasteiger partial charge is 0.311 e. The lowest BCUT2D eigenvalue weighted by Crippen LogP contribution is -2.60. The molecule has 1 saturated carbocycles. The summed E-state index contributed by atoms with van der Waals surface area (Å²) >= 11 is 0. The number of hydrogen-bond acceptors (Lipinski definition) is 2. The lowest BCUT2D eigenvalue weighted by Gasteiger charge is -2.49. The molecule has 0 spiro atoms. The van der Waals surface area contributed by atoms with Gasteiger partial charge in [0.25, 0.3) is 0 Å². The van der Waals surface area contributed by atoms with Crippen LogP contribution >= 0.6 is 0 Å². The van der Waals surface area contributed by atoms with Gasteiger partial charge in [0.2, 0.25) is 0 Å². The smallest absolute Gasteiger partial charge is 0.0365 e. The Morgan fingerprint density at radius 3 is 2.42 bits per heavy atom. The molecule has 0 aromatic rings. The first kappa shape index (κ1) is 16.5. The highest BCUT2D eigenvalue weighted by Gasteiger charge is 2.42. The highest BCUT2D eigenvalue weighted by atomic mass is 15.2. The van der Waals surface area contributed by atoms with E-state index < -0.39 is 0 Å². The average Bonchev–Trinajstić information content (AvgIpc) is 2.40. The van der Waals surface area contributed by atoms with Crippen LogP contribution in [0.25, 0.3) is 0 Å². The summed E-state index contributed by atoms with van der Waals surface area (Å²) in [4.78, 5) is 2.46. The SMILES string of the molecule is CC#CCC(NCCC)C1(N(C)C)CCC(C)CC1.